The highest BCUT2D eigenvalue weighted by molar-refractivity contribution is 5.21. The summed E-state index contributed by atoms with van der Waals surface area (Å²) in [4.78, 5) is 0. The van der Waals surface area contributed by atoms with Crippen molar-refractivity contribution in [2.45, 2.75) is 32.9 Å². The van der Waals surface area contributed by atoms with Gasteiger partial charge in [-0.25, -0.2) is 0 Å². The fourth-order valence-electron chi connectivity index (χ4n) is 1.42. The van der Waals surface area contributed by atoms with E-state index >= 15 is 0 Å². The molecule has 78 valence electrons. The average molecular weight is 193 g/mol. The number of nitrogens with one attached hydrogen (secondary N) is 1. The molecule has 1 aromatic rings. The Morgan fingerprint density at radius 3 is 2.79 bits per heavy atom. The molecule has 2 heteroatoms. The molecule has 0 aliphatic rings. The highest BCUT2D eigenvalue weighted by atomic mass is 16.3. The van der Waals surface area contributed by atoms with Crippen molar-refractivity contribution in [1.82, 2.24) is 5.32 Å². The van der Waals surface area contributed by atoms with E-state index in [1.54, 1.807) is 0 Å². The first-order chi connectivity index (χ1) is 6.76. The predicted molar refractivity (Wildman–Crippen MR) is 59.2 cm³/mol. The maximum Gasteiger partial charge on any atom is 0.0584 e. The number of rotatable bonds is 5. The van der Waals surface area contributed by atoms with E-state index in [0.717, 1.165) is 13.0 Å². The van der Waals surface area contributed by atoms with Gasteiger partial charge in [0.1, 0.15) is 0 Å². The Hall–Kier alpha value is -0.860. The molecule has 1 aromatic carbocycles. The van der Waals surface area contributed by atoms with E-state index in [0.29, 0.717) is 0 Å². The number of hydrogen-bond donors (Lipinski definition) is 2. The highest BCUT2D eigenvalue weighted by Gasteiger charge is 2.02. The van der Waals surface area contributed by atoms with Crippen LogP contribution in [-0.4, -0.2) is 17.8 Å². The Morgan fingerprint density at radius 1 is 1.43 bits per heavy atom. The molecule has 14 heavy (non-hydrogen) atoms. The van der Waals surface area contributed by atoms with Gasteiger partial charge in [-0.15, -0.1) is 0 Å². The minimum Gasteiger partial charge on any atom is -0.395 e. The van der Waals surface area contributed by atoms with Gasteiger partial charge in [0.25, 0.3) is 0 Å². The van der Waals surface area contributed by atoms with Crippen molar-refractivity contribution in [2.24, 2.45) is 0 Å². The lowest BCUT2D eigenvalue weighted by atomic mass is 10.1. The Kier molecular flexibility index (Phi) is 4.63. The van der Waals surface area contributed by atoms with Gasteiger partial charge in [-0.05, 0) is 18.9 Å². The first-order valence-corrected chi connectivity index (χ1v) is 5.16. The van der Waals surface area contributed by atoms with Crippen molar-refractivity contribution in [3.8, 4) is 0 Å². The molecule has 0 saturated carbocycles. The second kappa shape index (κ2) is 5.78. The molecule has 0 aliphatic carbocycles. The van der Waals surface area contributed by atoms with Crippen LogP contribution in [0.15, 0.2) is 24.3 Å². The van der Waals surface area contributed by atoms with Gasteiger partial charge in [-0.3, -0.25) is 0 Å². The fraction of sp³-hybridized carbons (Fsp3) is 0.500. The van der Waals surface area contributed by atoms with Gasteiger partial charge in [0.2, 0.25) is 0 Å². The molecule has 0 heterocycles. The standard InChI is InChI=1S/C12H19NO/c1-3-12(9-14)13-8-11-6-4-5-10(2)7-11/h4-7,12-14H,3,8-9H2,1-2H3. The summed E-state index contributed by atoms with van der Waals surface area (Å²) in [6.45, 7) is 5.21. The molecule has 0 radical (unpaired) electrons. The predicted octanol–water partition coefficient (Wildman–Crippen LogP) is 1.86. The SMILES string of the molecule is CCC(CO)NCc1cccc(C)c1. The molecule has 2 N–H and O–H groups in total. The smallest absolute Gasteiger partial charge is 0.0584 e. The molecule has 0 spiro atoms. The van der Waals surface area contributed by atoms with E-state index in [-0.39, 0.29) is 12.6 Å². The van der Waals surface area contributed by atoms with Gasteiger partial charge >= 0.3 is 0 Å². The zero-order chi connectivity index (χ0) is 10.4. The van der Waals surface area contributed by atoms with Crippen LogP contribution < -0.4 is 5.32 Å². The largest absolute Gasteiger partial charge is 0.395 e. The lowest BCUT2D eigenvalue weighted by Gasteiger charge is -2.13. The van der Waals surface area contributed by atoms with Crippen LogP contribution in [0.2, 0.25) is 0 Å². The molecule has 0 bridgehead atoms. The maximum atomic E-state index is 9.00. The van der Waals surface area contributed by atoms with Gasteiger partial charge in [0.15, 0.2) is 0 Å². The third-order valence-electron chi connectivity index (χ3n) is 2.39. The third kappa shape index (κ3) is 3.48. The summed E-state index contributed by atoms with van der Waals surface area (Å²) < 4.78 is 0. The molecule has 2 nitrogen and oxygen atoms in total. The third-order valence-corrected chi connectivity index (χ3v) is 2.39. The van der Waals surface area contributed by atoms with Crippen molar-refractivity contribution in [1.29, 1.82) is 0 Å². The van der Waals surface area contributed by atoms with Crippen molar-refractivity contribution in [3.63, 3.8) is 0 Å². The molecule has 0 saturated heterocycles. The van der Waals surface area contributed by atoms with Crippen molar-refractivity contribution < 1.29 is 5.11 Å². The lowest BCUT2D eigenvalue weighted by molar-refractivity contribution is 0.238. The summed E-state index contributed by atoms with van der Waals surface area (Å²) in [7, 11) is 0. The second-order valence-corrected chi connectivity index (χ2v) is 3.66. The summed E-state index contributed by atoms with van der Waals surface area (Å²) in [6.07, 6.45) is 0.961. The molecule has 0 fully saturated rings. The van der Waals surface area contributed by atoms with Crippen LogP contribution in [0.25, 0.3) is 0 Å². The Labute approximate surface area is 86.0 Å². The van der Waals surface area contributed by atoms with E-state index in [2.05, 4.69) is 43.4 Å². The van der Waals surface area contributed by atoms with E-state index in [1.165, 1.54) is 11.1 Å². The molecule has 0 amide bonds. The number of aryl methyl sites for hydroxylation is 1. The Balaban J connectivity index is 2.44. The summed E-state index contributed by atoms with van der Waals surface area (Å²) in [6, 6.07) is 8.64. The maximum absolute atomic E-state index is 9.00. The summed E-state index contributed by atoms with van der Waals surface area (Å²) in [5.74, 6) is 0. The average Bonchev–Trinajstić information content (AvgIpc) is 2.19. The van der Waals surface area contributed by atoms with Crippen molar-refractivity contribution in [2.75, 3.05) is 6.61 Å². The quantitative estimate of drug-likeness (QED) is 0.748. The van der Waals surface area contributed by atoms with Gasteiger partial charge < -0.3 is 10.4 Å². The molecular weight excluding hydrogens is 174 g/mol. The molecule has 1 rings (SSSR count). The normalized spacial score (nSPS) is 12.8. The van der Waals surface area contributed by atoms with Gasteiger partial charge in [0, 0.05) is 12.6 Å². The number of aliphatic hydroxyl groups excluding tert-OH is 1. The van der Waals surface area contributed by atoms with Crippen molar-refractivity contribution >= 4 is 0 Å². The topological polar surface area (TPSA) is 32.3 Å². The Bertz CT molecular complexity index is 269. The number of benzene rings is 1. The lowest BCUT2D eigenvalue weighted by Crippen LogP contribution is -2.31. The van der Waals surface area contributed by atoms with E-state index < -0.39 is 0 Å². The molecule has 0 aliphatic heterocycles. The summed E-state index contributed by atoms with van der Waals surface area (Å²) in [5, 5.41) is 12.3. The molecule has 1 unspecified atom stereocenters. The second-order valence-electron chi connectivity index (χ2n) is 3.66. The van der Waals surface area contributed by atoms with E-state index in [1.807, 2.05) is 0 Å². The number of hydrogen-bond acceptors (Lipinski definition) is 2. The van der Waals surface area contributed by atoms with Crippen LogP contribution in [0.1, 0.15) is 24.5 Å². The van der Waals surface area contributed by atoms with Crippen LogP contribution in [0.4, 0.5) is 0 Å². The van der Waals surface area contributed by atoms with Gasteiger partial charge in [0.05, 0.1) is 6.61 Å². The Morgan fingerprint density at radius 2 is 2.21 bits per heavy atom. The van der Waals surface area contributed by atoms with Crippen LogP contribution in [0, 0.1) is 6.92 Å². The van der Waals surface area contributed by atoms with Crippen molar-refractivity contribution in [3.05, 3.63) is 35.4 Å². The first kappa shape index (κ1) is 11.2. The van der Waals surface area contributed by atoms with Crippen LogP contribution in [0.3, 0.4) is 0 Å². The molecular formula is C12H19NO. The van der Waals surface area contributed by atoms with Gasteiger partial charge in [-0.1, -0.05) is 36.8 Å². The van der Waals surface area contributed by atoms with E-state index in [4.69, 9.17) is 5.11 Å². The monoisotopic (exact) mass is 193 g/mol. The van der Waals surface area contributed by atoms with Crippen LogP contribution >= 0.6 is 0 Å². The molecule has 0 aromatic heterocycles. The minimum absolute atomic E-state index is 0.211. The highest BCUT2D eigenvalue weighted by Crippen LogP contribution is 2.04. The zero-order valence-corrected chi connectivity index (χ0v) is 8.96. The van der Waals surface area contributed by atoms with Gasteiger partial charge in [-0.2, -0.15) is 0 Å². The molecule has 1 atom stereocenters. The minimum atomic E-state index is 0.211. The number of aliphatic hydroxyl groups is 1. The summed E-state index contributed by atoms with van der Waals surface area (Å²) in [5.41, 5.74) is 2.55. The first-order valence-electron chi connectivity index (χ1n) is 5.16. The zero-order valence-electron chi connectivity index (χ0n) is 8.96. The fourth-order valence-corrected chi connectivity index (χ4v) is 1.42. The summed E-state index contributed by atoms with van der Waals surface area (Å²) >= 11 is 0. The van der Waals surface area contributed by atoms with Crippen LogP contribution in [-0.2, 0) is 6.54 Å². The van der Waals surface area contributed by atoms with E-state index in [9.17, 15) is 0 Å². The van der Waals surface area contributed by atoms with Crippen LogP contribution in [0.5, 0.6) is 0 Å².